The average molecular weight is 290 g/mol. The third kappa shape index (κ3) is 8.35. The molecular formula is C17H30N4. The van der Waals surface area contributed by atoms with Gasteiger partial charge < -0.3 is 15.5 Å². The van der Waals surface area contributed by atoms with E-state index in [-0.39, 0.29) is 0 Å². The molecule has 0 aliphatic carbocycles. The van der Waals surface area contributed by atoms with Crippen LogP contribution < -0.4 is 10.6 Å². The summed E-state index contributed by atoms with van der Waals surface area (Å²) in [5, 5.41) is 6.70. The van der Waals surface area contributed by atoms with Crippen LogP contribution >= 0.6 is 0 Å². The molecule has 0 spiro atoms. The molecule has 0 bridgehead atoms. The minimum Gasteiger partial charge on any atom is -0.356 e. The van der Waals surface area contributed by atoms with Gasteiger partial charge in [0.1, 0.15) is 0 Å². The summed E-state index contributed by atoms with van der Waals surface area (Å²) in [5.74, 6) is 1.61. The summed E-state index contributed by atoms with van der Waals surface area (Å²) < 4.78 is 0. The number of rotatable bonds is 8. The predicted molar refractivity (Wildman–Crippen MR) is 91.6 cm³/mol. The second-order valence-corrected chi connectivity index (χ2v) is 5.83. The Balaban J connectivity index is 2.19. The molecule has 0 amide bonds. The number of likely N-dealkylation sites (N-methyl/N-ethyl adjacent to an activating group) is 1. The first-order valence-electron chi connectivity index (χ1n) is 7.78. The van der Waals surface area contributed by atoms with E-state index in [1.165, 1.54) is 5.56 Å². The number of guanidine groups is 1. The van der Waals surface area contributed by atoms with Crippen molar-refractivity contribution in [2.24, 2.45) is 10.9 Å². The van der Waals surface area contributed by atoms with Gasteiger partial charge in [-0.25, -0.2) is 0 Å². The lowest BCUT2D eigenvalue weighted by atomic mass is 10.1. The van der Waals surface area contributed by atoms with Gasteiger partial charge in [0, 0.05) is 33.2 Å². The average Bonchev–Trinajstić information content (AvgIpc) is 2.46. The summed E-state index contributed by atoms with van der Waals surface area (Å²) in [4.78, 5) is 6.55. The van der Waals surface area contributed by atoms with Gasteiger partial charge in [0.2, 0.25) is 0 Å². The van der Waals surface area contributed by atoms with E-state index in [0.29, 0.717) is 5.92 Å². The minimum atomic E-state index is 0.715. The lowest BCUT2D eigenvalue weighted by Gasteiger charge is -2.18. The van der Waals surface area contributed by atoms with Crippen LogP contribution in [-0.2, 0) is 6.54 Å². The molecule has 2 N–H and O–H groups in total. The maximum absolute atomic E-state index is 4.24. The van der Waals surface area contributed by atoms with Crippen molar-refractivity contribution < 1.29 is 0 Å². The topological polar surface area (TPSA) is 39.7 Å². The standard InChI is InChI=1S/C17H30N4/c1-15(2)10-11-19-17(18-3)20-12-13-21(4)14-16-8-6-5-7-9-16/h5-9,15H,10-14H2,1-4H3,(H2,18,19,20). The maximum atomic E-state index is 4.24. The van der Waals surface area contributed by atoms with E-state index < -0.39 is 0 Å². The van der Waals surface area contributed by atoms with Gasteiger partial charge in [0.15, 0.2) is 5.96 Å². The first kappa shape index (κ1) is 17.5. The Morgan fingerprint density at radius 2 is 1.81 bits per heavy atom. The number of benzene rings is 1. The molecule has 0 aromatic heterocycles. The molecule has 0 heterocycles. The SMILES string of the molecule is CN=C(NCCC(C)C)NCCN(C)Cc1ccccc1. The van der Waals surface area contributed by atoms with Crippen LogP contribution in [0, 0.1) is 5.92 Å². The first-order chi connectivity index (χ1) is 10.1. The van der Waals surface area contributed by atoms with Crippen molar-refractivity contribution in [3.63, 3.8) is 0 Å². The van der Waals surface area contributed by atoms with E-state index >= 15 is 0 Å². The minimum absolute atomic E-state index is 0.715. The highest BCUT2D eigenvalue weighted by atomic mass is 15.2. The first-order valence-corrected chi connectivity index (χ1v) is 7.78. The Hall–Kier alpha value is -1.55. The Morgan fingerprint density at radius 3 is 2.43 bits per heavy atom. The number of nitrogens with one attached hydrogen (secondary N) is 2. The second kappa shape index (κ2) is 10.2. The Bertz CT molecular complexity index is 401. The molecule has 0 radical (unpaired) electrons. The van der Waals surface area contributed by atoms with E-state index in [0.717, 1.165) is 38.6 Å². The molecule has 4 nitrogen and oxygen atoms in total. The van der Waals surface area contributed by atoms with Gasteiger partial charge in [-0.3, -0.25) is 4.99 Å². The molecule has 1 aromatic rings. The van der Waals surface area contributed by atoms with Crippen molar-refractivity contribution in [3.05, 3.63) is 35.9 Å². The van der Waals surface area contributed by atoms with Crippen LogP contribution in [0.5, 0.6) is 0 Å². The molecule has 118 valence electrons. The fraction of sp³-hybridized carbons (Fsp3) is 0.588. The van der Waals surface area contributed by atoms with Gasteiger partial charge in [0.25, 0.3) is 0 Å². The Morgan fingerprint density at radius 1 is 1.14 bits per heavy atom. The molecule has 0 saturated carbocycles. The Kier molecular flexibility index (Phi) is 8.51. The second-order valence-electron chi connectivity index (χ2n) is 5.83. The van der Waals surface area contributed by atoms with Crippen molar-refractivity contribution >= 4 is 5.96 Å². The fourth-order valence-corrected chi connectivity index (χ4v) is 2.04. The molecule has 0 saturated heterocycles. The molecule has 1 rings (SSSR count). The van der Waals surface area contributed by atoms with Gasteiger partial charge in [-0.15, -0.1) is 0 Å². The summed E-state index contributed by atoms with van der Waals surface area (Å²) in [6.45, 7) is 8.29. The summed E-state index contributed by atoms with van der Waals surface area (Å²) in [6, 6.07) is 10.5. The maximum Gasteiger partial charge on any atom is 0.191 e. The highest BCUT2D eigenvalue weighted by molar-refractivity contribution is 5.79. The fourth-order valence-electron chi connectivity index (χ4n) is 2.04. The molecule has 0 unspecified atom stereocenters. The molecule has 0 aliphatic heterocycles. The third-order valence-electron chi connectivity index (χ3n) is 3.32. The van der Waals surface area contributed by atoms with Crippen molar-refractivity contribution in [1.82, 2.24) is 15.5 Å². The largest absolute Gasteiger partial charge is 0.356 e. The number of aliphatic imine (C=N–C) groups is 1. The van der Waals surface area contributed by atoms with Crippen molar-refractivity contribution in [1.29, 1.82) is 0 Å². The smallest absolute Gasteiger partial charge is 0.191 e. The van der Waals surface area contributed by atoms with Crippen LogP contribution in [0.4, 0.5) is 0 Å². The molecule has 1 aromatic carbocycles. The number of hydrogen-bond donors (Lipinski definition) is 2. The predicted octanol–water partition coefficient (Wildman–Crippen LogP) is 2.33. The lowest BCUT2D eigenvalue weighted by molar-refractivity contribution is 0.331. The van der Waals surface area contributed by atoms with Crippen LogP contribution in [-0.4, -0.2) is 44.6 Å². The van der Waals surface area contributed by atoms with Crippen LogP contribution in [0.25, 0.3) is 0 Å². The van der Waals surface area contributed by atoms with Crippen molar-refractivity contribution in [2.75, 3.05) is 33.7 Å². The molecule has 0 atom stereocenters. The van der Waals surface area contributed by atoms with E-state index in [1.807, 2.05) is 7.05 Å². The van der Waals surface area contributed by atoms with Gasteiger partial charge in [-0.2, -0.15) is 0 Å². The van der Waals surface area contributed by atoms with E-state index in [9.17, 15) is 0 Å². The molecule has 0 aliphatic rings. The molecule has 0 fully saturated rings. The Labute approximate surface area is 129 Å². The quantitative estimate of drug-likeness (QED) is 0.570. The van der Waals surface area contributed by atoms with Crippen molar-refractivity contribution in [3.8, 4) is 0 Å². The zero-order valence-electron chi connectivity index (χ0n) is 13.9. The number of hydrogen-bond acceptors (Lipinski definition) is 2. The van der Waals surface area contributed by atoms with E-state index in [4.69, 9.17) is 0 Å². The summed E-state index contributed by atoms with van der Waals surface area (Å²) in [5.41, 5.74) is 1.35. The van der Waals surface area contributed by atoms with Crippen LogP contribution in [0.3, 0.4) is 0 Å². The highest BCUT2D eigenvalue weighted by Crippen LogP contribution is 2.01. The molecular weight excluding hydrogens is 260 g/mol. The monoisotopic (exact) mass is 290 g/mol. The van der Waals surface area contributed by atoms with Crippen LogP contribution in [0.1, 0.15) is 25.8 Å². The van der Waals surface area contributed by atoms with E-state index in [2.05, 4.69) is 71.8 Å². The normalized spacial score (nSPS) is 12.0. The van der Waals surface area contributed by atoms with Crippen LogP contribution in [0.15, 0.2) is 35.3 Å². The zero-order valence-corrected chi connectivity index (χ0v) is 13.9. The third-order valence-corrected chi connectivity index (χ3v) is 3.32. The summed E-state index contributed by atoms with van der Waals surface area (Å²) in [7, 11) is 3.96. The molecule has 4 heteroatoms. The van der Waals surface area contributed by atoms with E-state index in [1.54, 1.807) is 0 Å². The summed E-state index contributed by atoms with van der Waals surface area (Å²) >= 11 is 0. The molecule has 21 heavy (non-hydrogen) atoms. The lowest BCUT2D eigenvalue weighted by Crippen LogP contribution is -2.41. The van der Waals surface area contributed by atoms with Gasteiger partial charge in [-0.05, 0) is 24.9 Å². The summed E-state index contributed by atoms with van der Waals surface area (Å²) in [6.07, 6.45) is 1.16. The van der Waals surface area contributed by atoms with Gasteiger partial charge in [0.05, 0.1) is 0 Å². The van der Waals surface area contributed by atoms with Crippen LogP contribution in [0.2, 0.25) is 0 Å². The highest BCUT2D eigenvalue weighted by Gasteiger charge is 2.01. The number of nitrogens with zero attached hydrogens (tertiary/aromatic N) is 2. The van der Waals surface area contributed by atoms with Crippen molar-refractivity contribution in [2.45, 2.75) is 26.8 Å². The van der Waals surface area contributed by atoms with Gasteiger partial charge >= 0.3 is 0 Å². The van der Waals surface area contributed by atoms with Gasteiger partial charge in [-0.1, -0.05) is 44.2 Å². The zero-order chi connectivity index (χ0) is 15.5.